The highest BCUT2D eigenvalue weighted by Crippen LogP contribution is 2.57. The van der Waals surface area contributed by atoms with Gasteiger partial charge in [0.05, 0.1) is 17.1 Å². The van der Waals surface area contributed by atoms with Gasteiger partial charge in [-0.1, -0.05) is 212 Å². The van der Waals surface area contributed by atoms with Gasteiger partial charge in [0.25, 0.3) is 0 Å². The quantitative estimate of drug-likeness (QED) is 0.122. The topological polar surface area (TPSA) is 6.48 Å². The van der Waals surface area contributed by atoms with Crippen molar-refractivity contribution in [2.24, 2.45) is 5.92 Å². The van der Waals surface area contributed by atoms with Crippen molar-refractivity contribution in [1.29, 1.82) is 0 Å². The first-order chi connectivity index (χ1) is 32.8. The molecule has 0 saturated carbocycles. The summed E-state index contributed by atoms with van der Waals surface area (Å²) in [4.78, 5) is 5.15. The molecule has 4 aliphatic rings. The Bertz CT molecular complexity index is 3380. The molecule has 9 aromatic rings. The van der Waals surface area contributed by atoms with Gasteiger partial charge >= 0.3 is 0 Å². The maximum atomic E-state index is 2.61. The van der Waals surface area contributed by atoms with E-state index in [0.29, 0.717) is 0 Å². The number of aryl methyl sites for hydroxylation is 1. The maximum absolute atomic E-state index is 2.61. The Morgan fingerprint density at radius 3 is 1.85 bits per heavy atom. The number of hydrogen-bond acceptors (Lipinski definition) is 2. The fraction of sp³-hybridized carbons (Fsp3) is 0.0938. The highest BCUT2D eigenvalue weighted by atomic mass is 15.2. The average Bonchev–Trinajstić information content (AvgIpc) is 3.57. The van der Waals surface area contributed by atoms with Crippen molar-refractivity contribution in [3.05, 3.63) is 269 Å². The van der Waals surface area contributed by atoms with E-state index in [9.17, 15) is 0 Å². The van der Waals surface area contributed by atoms with E-state index in [1.54, 1.807) is 0 Å². The Hall–Kier alpha value is -7.94. The molecule has 0 N–H and O–H groups in total. The highest BCUT2D eigenvalue weighted by molar-refractivity contribution is 6.18. The molecule has 0 radical (unpaired) electrons. The molecule has 0 saturated heterocycles. The second kappa shape index (κ2) is 15.6. The molecule has 2 nitrogen and oxygen atoms in total. The summed E-state index contributed by atoms with van der Waals surface area (Å²) in [5, 5.41) is 4.98. The summed E-state index contributed by atoms with van der Waals surface area (Å²) in [6.45, 7) is 1.00. The predicted octanol–water partition coefficient (Wildman–Crippen LogP) is 15.9. The monoisotopic (exact) mass is 844 g/mol. The number of rotatable bonds is 6. The summed E-state index contributed by atoms with van der Waals surface area (Å²) in [5.74, 6) is 0.248. The number of nitrogens with zero attached hydrogens (tertiary/aromatic N) is 2. The molecule has 0 bridgehead atoms. The Balaban J connectivity index is 0.991. The molecule has 2 heterocycles. The van der Waals surface area contributed by atoms with Crippen LogP contribution in [0.4, 0.5) is 22.7 Å². The second-order valence-corrected chi connectivity index (χ2v) is 18.2. The zero-order chi connectivity index (χ0) is 43.6. The highest BCUT2D eigenvalue weighted by Gasteiger charge is 2.46. The van der Waals surface area contributed by atoms with Gasteiger partial charge in [-0.2, -0.15) is 0 Å². The van der Waals surface area contributed by atoms with Crippen LogP contribution in [0, 0.1) is 5.92 Å². The minimum absolute atomic E-state index is 0.139. The van der Waals surface area contributed by atoms with Gasteiger partial charge in [0, 0.05) is 40.3 Å². The van der Waals surface area contributed by atoms with Crippen molar-refractivity contribution in [1.82, 2.24) is 0 Å². The van der Waals surface area contributed by atoms with Crippen LogP contribution in [-0.4, -0.2) is 12.6 Å². The Kier molecular flexibility index (Phi) is 9.13. The molecule has 66 heavy (non-hydrogen) atoms. The lowest BCUT2D eigenvalue weighted by atomic mass is 9.67. The molecule has 13 rings (SSSR count). The lowest BCUT2D eigenvalue weighted by Gasteiger charge is -2.37. The van der Waals surface area contributed by atoms with E-state index in [2.05, 4.69) is 253 Å². The normalized spacial score (nSPS) is 17.6. The smallest absolute Gasteiger partial charge is 0.0714 e. The average molecular weight is 845 g/mol. The van der Waals surface area contributed by atoms with Crippen molar-refractivity contribution < 1.29 is 0 Å². The zero-order valence-corrected chi connectivity index (χ0v) is 36.8. The van der Waals surface area contributed by atoms with Gasteiger partial charge in [0.2, 0.25) is 0 Å². The number of para-hydroxylation sites is 2. The SMILES string of the molecule is C1=CC2C=Cc3ccccc3N(c3c4ccccc4c(C=Cc4ccc5c(c4)C(c4ccccc4)(c4ccccc4)c4cc(N6CCCc7ccccc76)ccc4-5)c4ccccc34)C2C=C1. The minimum atomic E-state index is -0.525. The molecule has 0 amide bonds. The van der Waals surface area contributed by atoms with E-state index in [4.69, 9.17) is 0 Å². The summed E-state index contributed by atoms with van der Waals surface area (Å²) < 4.78 is 0. The molecule has 0 spiro atoms. The van der Waals surface area contributed by atoms with Gasteiger partial charge in [0.15, 0.2) is 0 Å². The summed E-state index contributed by atoms with van der Waals surface area (Å²) in [6, 6.07) is 72.9. The van der Waals surface area contributed by atoms with E-state index in [0.717, 1.165) is 19.4 Å². The van der Waals surface area contributed by atoms with E-state index >= 15 is 0 Å². The van der Waals surface area contributed by atoms with Crippen LogP contribution in [-0.2, 0) is 11.8 Å². The molecule has 0 aromatic heterocycles. The maximum Gasteiger partial charge on any atom is 0.0714 e. The van der Waals surface area contributed by atoms with Gasteiger partial charge in [-0.15, -0.1) is 0 Å². The second-order valence-electron chi connectivity index (χ2n) is 18.2. The fourth-order valence-electron chi connectivity index (χ4n) is 11.9. The molecule has 2 aliphatic carbocycles. The van der Waals surface area contributed by atoms with Crippen LogP contribution in [0.1, 0.15) is 50.9 Å². The summed E-state index contributed by atoms with van der Waals surface area (Å²) in [5.41, 5.74) is 17.4. The summed E-state index contributed by atoms with van der Waals surface area (Å²) >= 11 is 0. The molecule has 9 aromatic carbocycles. The molecular weight excluding hydrogens is 797 g/mol. The molecule has 314 valence electrons. The fourth-order valence-corrected chi connectivity index (χ4v) is 11.9. The standard InChI is InChI=1S/C64H48N2/c1-3-22-48(23-4-1)64(49-24-5-2-6-25-49)58-42-44(34-39-54(58)55-40-37-50(43-59(55)64)65-41-17-21-45-18-7-14-30-60(45)65)33-38-53-51-26-10-12-28-56(51)63(57-29-13-11-27-52(53)57)66-61-31-15-8-19-46(61)35-36-47-20-9-16-32-62(47)66/h1-16,18-20,22-40,42-43,46,61H,17,21,41H2. The van der Waals surface area contributed by atoms with Gasteiger partial charge < -0.3 is 9.80 Å². The third-order valence-corrected chi connectivity index (χ3v) is 14.7. The Morgan fingerprint density at radius 2 is 1.11 bits per heavy atom. The molecule has 2 atom stereocenters. The van der Waals surface area contributed by atoms with E-state index in [-0.39, 0.29) is 12.0 Å². The molecular formula is C64H48N2. The molecule has 2 unspecified atom stereocenters. The number of fused-ring (bicyclic) bond motifs is 8. The number of anilines is 4. The van der Waals surface area contributed by atoms with Crippen LogP contribution in [0.5, 0.6) is 0 Å². The lowest BCUT2D eigenvalue weighted by Crippen LogP contribution is -2.35. The third-order valence-electron chi connectivity index (χ3n) is 14.7. The molecule has 2 aliphatic heterocycles. The van der Waals surface area contributed by atoms with E-state index in [1.807, 2.05) is 0 Å². The molecule has 0 fully saturated rings. The Labute approximate surface area is 387 Å². The lowest BCUT2D eigenvalue weighted by molar-refractivity contribution is 0.672. The van der Waals surface area contributed by atoms with Crippen LogP contribution in [0.3, 0.4) is 0 Å². The number of allylic oxidation sites excluding steroid dienone is 2. The van der Waals surface area contributed by atoms with Crippen LogP contribution in [0.25, 0.3) is 50.9 Å². The van der Waals surface area contributed by atoms with Gasteiger partial charge in [-0.05, 0) is 110 Å². The van der Waals surface area contributed by atoms with Crippen molar-refractivity contribution in [2.75, 3.05) is 16.3 Å². The van der Waals surface area contributed by atoms with Gasteiger partial charge in [0.1, 0.15) is 0 Å². The zero-order valence-electron chi connectivity index (χ0n) is 36.8. The summed E-state index contributed by atoms with van der Waals surface area (Å²) in [7, 11) is 0. The van der Waals surface area contributed by atoms with Crippen LogP contribution in [0.2, 0.25) is 0 Å². The largest absolute Gasteiger partial charge is 0.341 e. The van der Waals surface area contributed by atoms with Crippen molar-refractivity contribution in [3.8, 4) is 11.1 Å². The third kappa shape index (κ3) is 5.95. The van der Waals surface area contributed by atoms with Gasteiger partial charge in [-0.25, -0.2) is 0 Å². The minimum Gasteiger partial charge on any atom is -0.341 e. The number of hydrogen-bond donors (Lipinski definition) is 0. The first-order valence-electron chi connectivity index (χ1n) is 23.5. The van der Waals surface area contributed by atoms with Crippen LogP contribution < -0.4 is 9.80 Å². The first-order valence-corrected chi connectivity index (χ1v) is 23.5. The number of benzene rings is 9. The molecule has 2 heteroatoms. The van der Waals surface area contributed by atoms with E-state index < -0.39 is 5.41 Å². The Morgan fingerprint density at radius 1 is 0.500 bits per heavy atom. The predicted molar refractivity (Wildman–Crippen MR) is 279 cm³/mol. The summed E-state index contributed by atoms with van der Waals surface area (Å²) in [6.07, 6.45) is 20.8. The van der Waals surface area contributed by atoms with Crippen molar-refractivity contribution >= 4 is 62.5 Å². The van der Waals surface area contributed by atoms with Gasteiger partial charge in [-0.3, -0.25) is 0 Å². The van der Waals surface area contributed by atoms with Crippen molar-refractivity contribution in [2.45, 2.75) is 24.3 Å². The van der Waals surface area contributed by atoms with Crippen molar-refractivity contribution in [3.63, 3.8) is 0 Å². The first kappa shape index (κ1) is 38.5. The van der Waals surface area contributed by atoms with Crippen LogP contribution >= 0.6 is 0 Å². The van der Waals surface area contributed by atoms with E-state index in [1.165, 1.54) is 99.9 Å². The van der Waals surface area contributed by atoms with Crippen LogP contribution in [0.15, 0.2) is 225 Å².